The summed E-state index contributed by atoms with van der Waals surface area (Å²) in [5, 5.41) is 4.31. The van der Waals surface area contributed by atoms with Crippen LogP contribution in [0.4, 0.5) is 15.9 Å². The fourth-order valence-electron chi connectivity index (χ4n) is 3.29. The van der Waals surface area contributed by atoms with Crippen molar-refractivity contribution in [3.63, 3.8) is 0 Å². The summed E-state index contributed by atoms with van der Waals surface area (Å²) in [6.07, 6.45) is 4.86. The average Bonchev–Trinajstić information content (AvgIpc) is 2.96. The summed E-state index contributed by atoms with van der Waals surface area (Å²) in [4.78, 5) is 9.92. The van der Waals surface area contributed by atoms with Gasteiger partial charge in [-0.3, -0.25) is 0 Å². The number of piperidine rings is 1. The molecule has 3 aromatic heterocycles. The van der Waals surface area contributed by atoms with Gasteiger partial charge in [-0.05, 0) is 25.0 Å². The van der Waals surface area contributed by atoms with Crippen LogP contribution < -0.4 is 16.4 Å². The molecule has 0 amide bonds. The van der Waals surface area contributed by atoms with Crippen LogP contribution in [0, 0.1) is 5.95 Å². The van der Waals surface area contributed by atoms with Crippen molar-refractivity contribution >= 4 is 17.0 Å². The van der Waals surface area contributed by atoms with E-state index in [1.54, 1.807) is 10.6 Å². The number of halogens is 1. The summed E-state index contributed by atoms with van der Waals surface area (Å²) in [7, 11) is 0. The maximum atomic E-state index is 13.5. The second-order valence-corrected chi connectivity index (χ2v) is 6.04. The SMILES string of the molecule is Nc1ncnn2c(-c3ccnc(F)c3)cc(N3CCC[C@@H](N)C3)c12. The number of fused-ring (bicyclic) bond motifs is 1. The van der Waals surface area contributed by atoms with Crippen LogP contribution in [0.3, 0.4) is 0 Å². The highest BCUT2D eigenvalue weighted by atomic mass is 19.1. The lowest BCUT2D eigenvalue weighted by Crippen LogP contribution is -2.42. The van der Waals surface area contributed by atoms with Crippen molar-refractivity contribution in [3.8, 4) is 11.3 Å². The molecule has 1 saturated heterocycles. The molecule has 7 nitrogen and oxygen atoms in total. The van der Waals surface area contributed by atoms with Gasteiger partial charge in [0.1, 0.15) is 11.8 Å². The monoisotopic (exact) mass is 327 g/mol. The Hall–Kier alpha value is -2.74. The van der Waals surface area contributed by atoms with Gasteiger partial charge in [0.2, 0.25) is 5.95 Å². The topological polar surface area (TPSA) is 98.4 Å². The Morgan fingerprint density at radius 1 is 1.25 bits per heavy atom. The molecule has 24 heavy (non-hydrogen) atoms. The summed E-state index contributed by atoms with van der Waals surface area (Å²) in [5.74, 6) is -0.147. The third kappa shape index (κ3) is 2.44. The third-order valence-corrected chi connectivity index (χ3v) is 4.38. The fourth-order valence-corrected chi connectivity index (χ4v) is 3.29. The number of hydrogen-bond acceptors (Lipinski definition) is 6. The van der Waals surface area contributed by atoms with Crippen LogP contribution in [0.2, 0.25) is 0 Å². The molecular weight excluding hydrogens is 309 g/mol. The molecule has 4 N–H and O–H groups in total. The largest absolute Gasteiger partial charge is 0.382 e. The number of nitrogens with two attached hydrogens (primary N) is 2. The Labute approximate surface area is 138 Å². The van der Waals surface area contributed by atoms with Gasteiger partial charge >= 0.3 is 0 Å². The quantitative estimate of drug-likeness (QED) is 0.691. The first-order chi connectivity index (χ1) is 11.6. The molecule has 0 radical (unpaired) electrons. The van der Waals surface area contributed by atoms with E-state index >= 15 is 0 Å². The van der Waals surface area contributed by atoms with Crippen LogP contribution in [-0.4, -0.2) is 38.7 Å². The van der Waals surface area contributed by atoms with E-state index in [-0.39, 0.29) is 6.04 Å². The van der Waals surface area contributed by atoms with Gasteiger partial charge in [0.05, 0.1) is 11.4 Å². The summed E-state index contributed by atoms with van der Waals surface area (Å²) >= 11 is 0. The van der Waals surface area contributed by atoms with Crippen molar-refractivity contribution in [3.05, 3.63) is 36.7 Å². The molecule has 0 bridgehead atoms. The number of pyridine rings is 1. The number of rotatable bonds is 2. The molecule has 0 spiro atoms. The third-order valence-electron chi connectivity index (χ3n) is 4.38. The standard InChI is InChI=1S/C16H18FN7/c17-14-6-10(3-4-20-14)12-7-13(23-5-1-2-11(18)8-23)15-16(19)21-9-22-24(12)15/h3-4,6-7,9,11H,1-2,5,8,18H2,(H2,19,21,22)/t11-/m1/s1. The van der Waals surface area contributed by atoms with Crippen LogP contribution >= 0.6 is 0 Å². The Kier molecular flexibility index (Phi) is 3.53. The second-order valence-electron chi connectivity index (χ2n) is 6.04. The highest BCUT2D eigenvalue weighted by Crippen LogP contribution is 2.34. The first kappa shape index (κ1) is 14.8. The lowest BCUT2D eigenvalue weighted by molar-refractivity contribution is 0.507. The van der Waals surface area contributed by atoms with Gasteiger partial charge < -0.3 is 16.4 Å². The fraction of sp³-hybridized carbons (Fsp3) is 0.312. The smallest absolute Gasteiger partial charge is 0.213 e. The number of aromatic nitrogens is 4. The first-order valence-electron chi connectivity index (χ1n) is 7.88. The first-order valence-corrected chi connectivity index (χ1v) is 7.88. The zero-order valence-corrected chi connectivity index (χ0v) is 13.1. The molecule has 3 aromatic rings. The molecule has 0 aromatic carbocycles. The van der Waals surface area contributed by atoms with Crippen LogP contribution in [-0.2, 0) is 0 Å². The predicted molar refractivity (Wildman–Crippen MR) is 90.0 cm³/mol. The predicted octanol–water partition coefficient (Wildman–Crippen LogP) is 1.44. The average molecular weight is 327 g/mol. The number of nitrogens with zero attached hydrogens (tertiary/aromatic N) is 5. The molecule has 0 unspecified atom stereocenters. The summed E-state index contributed by atoms with van der Waals surface area (Å²) in [6, 6.07) is 5.22. The van der Waals surface area contributed by atoms with Gasteiger partial charge in [-0.25, -0.2) is 14.5 Å². The van der Waals surface area contributed by atoms with Gasteiger partial charge in [-0.15, -0.1) is 0 Å². The van der Waals surface area contributed by atoms with E-state index in [1.807, 2.05) is 6.07 Å². The van der Waals surface area contributed by atoms with E-state index in [4.69, 9.17) is 11.5 Å². The number of hydrogen-bond donors (Lipinski definition) is 2. The van der Waals surface area contributed by atoms with E-state index in [0.29, 0.717) is 11.4 Å². The lowest BCUT2D eigenvalue weighted by atomic mass is 10.1. The summed E-state index contributed by atoms with van der Waals surface area (Å²) < 4.78 is 15.2. The van der Waals surface area contributed by atoms with Crippen molar-refractivity contribution in [1.82, 2.24) is 19.6 Å². The van der Waals surface area contributed by atoms with Crippen LogP contribution in [0.25, 0.3) is 16.8 Å². The van der Waals surface area contributed by atoms with Crippen molar-refractivity contribution in [2.24, 2.45) is 5.73 Å². The maximum Gasteiger partial charge on any atom is 0.213 e. The highest BCUT2D eigenvalue weighted by molar-refractivity contribution is 5.88. The van der Waals surface area contributed by atoms with E-state index in [2.05, 4.69) is 20.0 Å². The maximum absolute atomic E-state index is 13.5. The highest BCUT2D eigenvalue weighted by Gasteiger charge is 2.23. The van der Waals surface area contributed by atoms with Crippen LogP contribution in [0.1, 0.15) is 12.8 Å². The van der Waals surface area contributed by atoms with Gasteiger partial charge in [-0.2, -0.15) is 9.49 Å². The van der Waals surface area contributed by atoms with Gasteiger partial charge in [0, 0.05) is 37.0 Å². The van der Waals surface area contributed by atoms with Gasteiger partial charge in [0.15, 0.2) is 5.82 Å². The molecule has 4 heterocycles. The van der Waals surface area contributed by atoms with Crippen molar-refractivity contribution < 1.29 is 4.39 Å². The molecule has 124 valence electrons. The van der Waals surface area contributed by atoms with Crippen molar-refractivity contribution in [2.75, 3.05) is 23.7 Å². The van der Waals surface area contributed by atoms with E-state index in [0.717, 1.165) is 42.8 Å². The molecule has 0 aliphatic carbocycles. The minimum absolute atomic E-state index is 0.126. The number of anilines is 2. The zero-order valence-electron chi connectivity index (χ0n) is 13.1. The minimum atomic E-state index is -0.536. The Morgan fingerprint density at radius 3 is 2.92 bits per heavy atom. The lowest BCUT2D eigenvalue weighted by Gasteiger charge is -2.32. The van der Waals surface area contributed by atoms with Crippen molar-refractivity contribution in [2.45, 2.75) is 18.9 Å². The number of nitrogen functional groups attached to an aromatic ring is 1. The molecule has 1 atom stereocenters. The Bertz CT molecular complexity index is 891. The Morgan fingerprint density at radius 2 is 2.12 bits per heavy atom. The van der Waals surface area contributed by atoms with E-state index in [1.165, 1.54) is 18.6 Å². The zero-order chi connectivity index (χ0) is 16.7. The van der Waals surface area contributed by atoms with E-state index < -0.39 is 5.95 Å². The minimum Gasteiger partial charge on any atom is -0.382 e. The van der Waals surface area contributed by atoms with Gasteiger partial charge in [0.25, 0.3) is 0 Å². The molecule has 8 heteroatoms. The van der Waals surface area contributed by atoms with Gasteiger partial charge in [-0.1, -0.05) is 0 Å². The molecule has 1 aliphatic heterocycles. The molecule has 4 rings (SSSR count). The molecule has 1 fully saturated rings. The summed E-state index contributed by atoms with van der Waals surface area (Å²) in [5.41, 5.74) is 15.3. The Balaban J connectivity index is 1.91. The normalized spacial score (nSPS) is 18.2. The van der Waals surface area contributed by atoms with E-state index in [9.17, 15) is 4.39 Å². The van der Waals surface area contributed by atoms with Crippen molar-refractivity contribution in [1.29, 1.82) is 0 Å². The van der Waals surface area contributed by atoms with Crippen LogP contribution in [0.5, 0.6) is 0 Å². The molecule has 1 aliphatic rings. The molecule has 0 saturated carbocycles. The van der Waals surface area contributed by atoms with Crippen LogP contribution in [0.15, 0.2) is 30.7 Å². The second kappa shape index (κ2) is 5.72. The summed E-state index contributed by atoms with van der Waals surface area (Å²) in [6.45, 7) is 1.64. The molecular formula is C16H18FN7.